The zero-order valence-corrected chi connectivity index (χ0v) is 11.4. The highest BCUT2D eigenvalue weighted by atomic mass is 16.4. The van der Waals surface area contributed by atoms with Crippen LogP contribution in [0.1, 0.15) is 43.7 Å². The van der Waals surface area contributed by atoms with Gasteiger partial charge in [-0.05, 0) is 39.8 Å². The second kappa shape index (κ2) is 5.40. The molecule has 0 radical (unpaired) electrons. The van der Waals surface area contributed by atoms with E-state index in [1.54, 1.807) is 6.20 Å². The lowest BCUT2D eigenvalue weighted by atomic mass is 10.2. The third kappa shape index (κ3) is 2.64. The van der Waals surface area contributed by atoms with Crippen molar-refractivity contribution in [2.24, 2.45) is 0 Å². The second-order valence-corrected chi connectivity index (χ2v) is 4.57. The Hall–Kier alpha value is -1.55. The monoisotopic (exact) mass is 248 g/mol. The van der Waals surface area contributed by atoms with Crippen molar-refractivity contribution in [2.45, 2.75) is 40.2 Å². The first-order valence-electron chi connectivity index (χ1n) is 6.38. The van der Waals surface area contributed by atoms with E-state index in [9.17, 15) is 0 Å². The maximum Gasteiger partial charge on any atom is 0.211 e. The molecule has 4 nitrogen and oxygen atoms in total. The Kier molecular flexibility index (Phi) is 3.87. The summed E-state index contributed by atoms with van der Waals surface area (Å²) in [7, 11) is 0. The molecule has 2 rings (SSSR count). The fraction of sp³-hybridized carbons (Fsp3) is 0.500. The Morgan fingerprint density at radius 2 is 2.11 bits per heavy atom. The normalized spacial score (nSPS) is 12.9. The smallest absolute Gasteiger partial charge is 0.211 e. The van der Waals surface area contributed by atoms with Crippen molar-refractivity contribution in [3.63, 3.8) is 0 Å². The van der Waals surface area contributed by atoms with Gasteiger partial charge in [0.25, 0.3) is 0 Å². The lowest BCUT2D eigenvalue weighted by molar-refractivity contribution is 0.422. The number of hydrogen-bond donors (Lipinski definition) is 1. The molecule has 4 heteroatoms. The van der Waals surface area contributed by atoms with Gasteiger partial charge in [-0.25, -0.2) is 4.98 Å². The quantitative estimate of drug-likeness (QED) is 0.878. The van der Waals surface area contributed by atoms with E-state index in [-0.39, 0.29) is 6.04 Å². The van der Waals surface area contributed by atoms with Crippen LogP contribution in [0.5, 0.6) is 0 Å². The molecule has 0 bridgehead atoms. The highest BCUT2D eigenvalue weighted by Crippen LogP contribution is 2.28. The van der Waals surface area contributed by atoms with E-state index in [4.69, 9.17) is 8.83 Å². The first kappa shape index (κ1) is 12.9. The molecule has 0 fully saturated rings. The molecule has 18 heavy (non-hydrogen) atoms. The van der Waals surface area contributed by atoms with Crippen LogP contribution >= 0.6 is 0 Å². The summed E-state index contributed by atoms with van der Waals surface area (Å²) in [5, 5.41) is 3.35. The van der Waals surface area contributed by atoms with Gasteiger partial charge < -0.3 is 14.2 Å². The van der Waals surface area contributed by atoms with E-state index >= 15 is 0 Å². The maximum absolute atomic E-state index is 5.79. The standard InChI is InChI=1S/C14H20N2O2/c1-5-6-15-10(3)14-16-8-13(18-14)12-7-9(2)17-11(12)4/h7-8,10,15H,5-6H2,1-4H3. The van der Waals surface area contributed by atoms with Crippen molar-refractivity contribution in [1.29, 1.82) is 0 Å². The topological polar surface area (TPSA) is 51.2 Å². The number of hydrogen-bond acceptors (Lipinski definition) is 4. The molecule has 1 atom stereocenters. The van der Waals surface area contributed by atoms with E-state index in [1.807, 2.05) is 19.9 Å². The van der Waals surface area contributed by atoms with Crippen LogP contribution in [-0.4, -0.2) is 11.5 Å². The van der Waals surface area contributed by atoms with Crippen molar-refractivity contribution in [2.75, 3.05) is 6.54 Å². The van der Waals surface area contributed by atoms with Gasteiger partial charge in [0.1, 0.15) is 11.5 Å². The zero-order chi connectivity index (χ0) is 13.1. The van der Waals surface area contributed by atoms with Crippen LogP contribution in [0.25, 0.3) is 11.3 Å². The fourth-order valence-corrected chi connectivity index (χ4v) is 1.94. The van der Waals surface area contributed by atoms with Crippen LogP contribution in [0.2, 0.25) is 0 Å². The summed E-state index contributed by atoms with van der Waals surface area (Å²) in [5.41, 5.74) is 0.981. The molecule has 0 saturated heterocycles. The number of aryl methyl sites for hydroxylation is 2. The van der Waals surface area contributed by atoms with Gasteiger partial charge in [-0.15, -0.1) is 0 Å². The number of aromatic nitrogens is 1. The largest absolute Gasteiger partial charge is 0.466 e. The molecular formula is C14H20N2O2. The molecule has 0 spiro atoms. The summed E-state index contributed by atoms with van der Waals surface area (Å²) in [6, 6.07) is 2.11. The number of oxazole rings is 1. The predicted molar refractivity (Wildman–Crippen MR) is 70.4 cm³/mol. The van der Waals surface area contributed by atoms with E-state index in [2.05, 4.69) is 24.1 Å². The summed E-state index contributed by atoms with van der Waals surface area (Å²) in [6.45, 7) is 9.02. The van der Waals surface area contributed by atoms with Gasteiger partial charge in [-0.1, -0.05) is 6.92 Å². The molecule has 0 aliphatic carbocycles. The molecule has 1 unspecified atom stereocenters. The third-order valence-corrected chi connectivity index (χ3v) is 2.90. The minimum Gasteiger partial charge on any atom is -0.466 e. The van der Waals surface area contributed by atoms with Crippen molar-refractivity contribution in [3.8, 4) is 11.3 Å². The van der Waals surface area contributed by atoms with Crippen LogP contribution in [0.3, 0.4) is 0 Å². The van der Waals surface area contributed by atoms with Crippen LogP contribution < -0.4 is 5.32 Å². The van der Waals surface area contributed by atoms with Crippen molar-refractivity contribution in [3.05, 3.63) is 29.7 Å². The highest BCUT2D eigenvalue weighted by Gasteiger charge is 2.15. The van der Waals surface area contributed by atoms with Crippen LogP contribution in [0.4, 0.5) is 0 Å². The van der Waals surface area contributed by atoms with E-state index in [0.29, 0.717) is 0 Å². The van der Waals surface area contributed by atoms with Gasteiger partial charge in [0.05, 0.1) is 17.8 Å². The first-order chi connectivity index (χ1) is 8.61. The Labute approximate surface area is 107 Å². The molecular weight excluding hydrogens is 228 g/mol. The molecule has 0 aliphatic rings. The average Bonchev–Trinajstić information content (AvgIpc) is 2.92. The summed E-state index contributed by atoms with van der Waals surface area (Å²) in [4.78, 5) is 4.32. The SMILES string of the molecule is CCCNC(C)c1ncc(-c2cc(C)oc2C)o1. The Morgan fingerprint density at radius 1 is 1.33 bits per heavy atom. The lowest BCUT2D eigenvalue weighted by Crippen LogP contribution is -2.19. The number of rotatable bonds is 5. The number of nitrogens with zero attached hydrogens (tertiary/aromatic N) is 1. The molecule has 2 heterocycles. The van der Waals surface area contributed by atoms with Crippen LogP contribution in [0.15, 0.2) is 21.1 Å². The van der Waals surface area contributed by atoms with Crippen molar-refractivity contribution < 1.29 is 8.83 Å². The predicted octanol–water partition coefficient (Wildman–Crippen LogP) is 3.61. The summed E-state index contributed by atoms with van der Waals surface area (Å²) in [6.07, 6.45) is 2.86. The number of furan rings is 1. The van der Waals surface area contributed by atoms with Gasteiger partial charge >= 0.3 is 0 Å². The molecule has 0 saturated carbocycles. The third-order valence-electron chi connectivity index (χ3n) is 2.90. The van der Waals surface area contributed by atoms with E-state index in [0.717, 1.165) is 41.7 Å². The van der Waals surface area contributed by atoms with Crippen molar-refractivity contribution in [1.82, 2.24) is 10.3 Å². The molecule has 1 N–H and O–H groups in total. The van der Waals surface area contributed by atoms with Gasteiger partial charge in [0.15, 0.2) is 5.76 Å². The van der Waals surface area contributed by atoms with Gasteiger partial charge in [-0.2, -0.15) is 0 Å². The summed E-state index contributed by atoms with van der Waals surface area (Å²) < 4.78 is 11.3. The lowest BCUT2D eigenvalue weighted by Gasteiger charge is -2.08. The van der Waals surface area contributed by atoms with E-state index < -0.39 is 0 Å². The Morgan fingerprint density at radius 3 is 2.72 bits per heavy atom. The minimum atomic E-state index is 0.131. The van der Waals surface area contributed by atoms with Gasteiger partial charge in [0.2, 0.25) is 5.89 Å². The average molecular weight is 248 g/mol. The molecule has 0 amide bonds. The number of nitrogens with one attached hydrogen (secondary N) is 1. The van der Waals surface area contributed by atoms with Gasteiger partial charge in [-0.3, -0.25) is 0 Å². The summed E-state index contributed by atoms with van der Waals surface area (Å²) in [5.74, 6) is 3.24. The molecule has 2 aromatic heterocycles. The van der Waals surface area contributed by atoms with E-state index in [1.165, 1.54) is 0 Å². The second-order valence-electron chi connectivity index (χ2n) is 4.57. The summed E-state index contributed by atoms with van der Waals surface area (Å²) >= 11 is 0. The fourth-order valence-electron chi connectivity index (χ4n) is 1.94. The van der Waals surface area contributed by atoms with Crippen LogP contribution in [0, 0.1) is 13.8 Å². The zero-order valence-electron chi connectivity index (χ0n) is 11.4. The Balaban J connectivity index is 2.17. The minimum absolute atomic E-state index is 0.131. The van der Waals surface area contributed by atoms with Crippen LogP contribution in [-0.2, 0) is 0 Å². The maximum atomic E-state index is 5.79. The molecule has 98 valence electrons. The molecule has 0 aromatic carbocycles. The molecule has 0 aliphatic heterocycles. The Bertz CT molecular complexity index is 514. The van der Waals surface area contributed by atoms with Gasteiger partial charge in [0, 0.05) is 0 Å². The molecule has 2 aromatic rings. The highest BCUT2D eigenvalue weighted by molar-refractivity contribution is 5.59. The first-order valence-corrected chi connectivity index (χ1v) is 6.38. The van der Waals surface area contributed by atoms with Crippen molar-refractivity contribution >= 4 is 0 Å².